The van der Waals surface area contributed by atoms with Crippen molar-refractivity contribution in [3.8, 4) is 0 Å². The zero-order valence-electron chi connectivity index (χ0n) is 14.8. The zero-order valence-corrected chi connectivity index (χ0v) is 15.6. The van der Waals surface area contributed by atoms with Gasteiger partial charge < -0.3 is 5.32 Å². The molecule has 0 aromatic heterocycles. The number of hydrogen-bond acceptors (Lipinski definition) is 3. The Morgan fingerprint density at radius 3 is 2.29 bits per heavy atom. The van der Waals surface area contributed by atoms with E-state index >= 15 is 0 Å². The molecule has 1 aliphatic rings. The highest BCUT2D eigenvalue weighted by Gasteiger charge is 2.24. The van der Waals surface area contributed by atoms with E-state index in [9.17, 15) is 13.2 Å². The van der Waals surface area contributed by atoms with E-state index in [1.807, 2.05) is 26.0 Å². The van der Waals surface area contributed by atoms with Crippen LogP contribution in [0, 0.1) is 0 Å². The second-order valence-corrected chi connectivity index (χ2v) is 8.93. The van der Waals surface area contributed by atoms with Crippen LogP contribution in [-0.2, 0) is 14.8 Å². The Morgan fingerprint density at radius 1 is 1.17 bits per heavy atom. The van der Waals surface area contributed by atoms with Crippen molar-refractivity contribution in [2.75, 3.05) is 13.6 Å². The first kappa shape index (κ1) is 18.9. The quantitative estimate of drug-likeness (QED) is 0.856. The number of likely N-dealkylation sites (N-methyl/N-ethyl adjacent to an activating group) is 1. The molecule has 2 rings (SSSR count). The summed E-state index contributed by atoms with van der Waals surface area (Å²) in [6.45, 7) is 3.51. The van der Waals surface area contributed by atoms with Crippen molar-refractivity contribution in [2.24, 2.45) is 0 Å². The van der Waals surface area contributed by atoms with Crippen LogP contribution < -0.4 is 5.32 Å². The number of sulfonamides is 1. The van der Waals surface area contributed by atoms with Gasteiger partial charge in [-0.25, -0.2) is 8.42 Å². The molecule has 0 unspecified atom stereocenters. The van der Waals surface area contributed by atoms with E-state index in [0.29, 0.717) is 5.92 Å². The third-order valence-electron chi connectivity index (χ3n) is 4.48. The number of hydrogen-bond donors (Lipinski definition) is 1. The largest absolute Gasteiger partial charge is 0.353 e. The Labute approximate surface area is 145 Å². The maximum absolute atomic E-state index is 12.6. The van der Waals surface area contributed by atoms with Gasteiger partial charge in [-0.2, -0.15) is 4.31 Å². The summed E-state index contributed by atoms with van der Waals surface area (Å²) < 4.78 is 26.3. The van der Waals surface area contributed by atoms with Crippen LogP contribution in [-0.4, -0.2) is 38.3 Å². The molecular weight excluding hydrogens is 324 g/mol. The lowest BCUT2D eigenvalue weighted by Gasteiger charge is -2.22. The molecule has 1 fully saturated rings. The van der Waals surface area contributed by atoms with Gasteiger partial charge in [-0.05, 0) is 50.3 Å². The molecular formula is C18H28N2O3S. The highest BCUT2D eigenvalue weighted by atomic mass is 32.2. The second kappa shape index (κ2) is 8.12. The minimum absolute atomic E-state index is 0.0108. The normalized spacial score (nSPS) is 16.5. The van der Waals surface area contributed by atoms with Crippen molar-refractivity contribution >= 4 is 15.9 Å². The number of carbonyl (C=O) groups excluding carboxylic acids is 1. The van der Waals surface area contributed by atoms with E-state index in [0.717, 1.165) is 4.31 Å². The van der Waals surface area contributed by atoms with Gasteiger partial charge in [0.2, 0.25) is 15.9 Å². The van der Waals surface area contributed by atoms with Crippen LogP contribution in [0.5, 0.6) is 0 Å². The Hall–Kier alpha value is -1.40. The van der Waals surface area contributed by atoms with Crippen LogP contribution in [0.4, 0.5) is 0 Å². The molecule has 1 aromatic carbocycles. The van der Waals surface area contributed by atoms with E-state index < -0.39 is 10.0 Å². The lowest BCUT2D eigenvalue weighted by Crippen LogP contribution is -2.40. The zero-order chi connectivity index (χ0) is 17.7. The molecule has 5 nitrogen and oxygen atoms in total. The molecule has 1 amide bonds. The summed E-state index contributed by atoms with van der Waals surface area (Å²) in [6.07, 6.45) is 6.16. The van der Waals surface area contributed by atoms with E-state index in [1.54, 1.807) is 12.1 Å². The van der Waals surface area contributed by atoms with Gasteiger partial charge in [-0.15, -0.1) is 0 Å². The molecule has 0 heterocycles. The second-order valence-electron chi connectivity index (χ2n) is 6.89. The van der Waals surface area contributed by atoms with Gasteiger partial charge in [-0.1, -0.05) is 31.4 Å². The molecule has 0 saturated heterocycles. The van der Waals surface area contributed by atoms with Crippen LogP contribution >= 0.6 is 0 Å². The van der Waals surface area contributed by atoms with Crippen molar-refractivity contribution in [1.82, 2.24) is 9.62 Å². The minimum atomic E-state index is -3.64. The molecule has 1 aliphatic carbocycles. The van der Waals surface area contributed by atoms with Crippen molar-refractivity contribution in [1.29, 1.82) is 0 Å². The van der Waals surface area contributed by atoms with Crippen LogP contribution in [0.2, 0.25) is 0 Å². The Morgan fingerprint density at radius 2 is 1.75 bits per heavy atom. The molecule has 1 N–H and O–H groups in total. The minimum Gasteiger partial charge on any atom is -0.353 e. The molecule has 6 heteroatoms. The summed E-state index contributed by atoms with van der Waals surface area (Å²) in [5.41, 5.74) is 1.22. The van der Waals surface area contributed by atoms with Crippen molar-refractivity contribution < 1.29 is 13.2 Å². The fourth-order valence-corrected chi connectivity index (χ4v) is 4.31. The molecule has 1 saturated carbocycles. The summed E-state index contributed by atoms with van der Waals surface area (Å²) in [7, 11) is -2.21. The van der Waals surface area contributed by atoms with Gasteiger partial charge in [0.25, 0.3) is 0 Å². The van der Waals surface area contributed by atoms with Crippen molar-refractivity contribution in [2.45, 2.75) is 62.8 Å². The van der Waals surface area contributed by atoms with E-state index in [-0.39, 0.29) is 23.4 Å². The lowest BCUT2D eigenvalue weighted by atomic mass is 9.84. The predicted octanol–water partition coefficient (Wildman–Crippen LogP) is 2.88. The molecule has 0 spiro atoms. The van der Waals surface area contributed by atoms with E-state index in [2.05, 4.69) is 5.32 Å². The summed E-state index contributed by atoms with van der Waals surface area (Å²) in [4.78, 5) is 12.0. The fourth-order valence-electron chi connectivity index (χ4n) is 3.18. The first-order valence-electron chi connectivity index (χ1n) is 8.66. The predicted molar refractivity (Wildman–Crippen MR) is 95.4 cm³/mol. The van der Waals surface area contributed by atoms with Crippen LogP contribution in [0.25, 0.3) is 0 Å². The summed E-state index contributed by atoms with van der Waals surface area (Å²) in [5, 5.41) is 2.70. The molecule has 0 bridgehead atoms. The van der Waals surface area contributed by atoms with E-state index in [1.165, 1.54) is 44.7 Å². The number of rotatable bonds is 6. The highest BCUT2D eigenvalue weighted by Crippen LogP contribution is 2.33. The van der Waals surface area contributed by atoms with Crippen LogP contribution in [0.1, 0.15) is 57.4 Å². The first-order chi connectivity index (χ1) is 11.3. The smallest absolute Gasteiger partial charge is 0.243 e. The molecule has 134 valence electrons. The van der Waals surface area contributed by atoms with Crippen molar-refractivity contribution in [3.63, 3.8) is 0 Å². The van der Waals surface area contributed by atoms with Gasteiger partial charge in [0.05, 0.1) is 11.4 Å². The highest BCUT2D eigenvalue weighted by molar-refractivity contribution is 7.89. The number of nitrogens with one attached hydrogen (secondary N) is 1. The van der Waals surface area contributed by atoms with Crippen LogP contribution in [0.3, 0.4) is 0 Å². The molecule has 24 heavy (non-hydrogen) atoms. The van der Waals surface area contributed by atoms with Gasteiger partial charge in [-0.3, -0.25) is 4.79 Å². The molecule has 1 aromatic rings. The van der Waals surface area contributed by atoms with Gasteiger partial charge in [0.1, 0.15) is 0 Å². The average molecular weight is 353 g/mol. The van der Waals surface area contributed by atoms with Gasteiger partial charge in [0.15, 0.2) is 0 Å². The number of benzene rings is 1. The monoisotopic (exact) mass is 352 g/mol. The summed E-state index contributed by atoms with van der Waals surface area (Å²) >= 11 is 0. The first-order valence-corrected chi connectivity index (χ1v) is 10.1. The van der Waals surface area contributed by atoms with Gasteiger partial charge >= 0.3 is 0 Å². The standard InChI is InChI=1S/C18H28N2O3S/c1-14(2)19-18(21)13-20(3)24(22,23)17-11-9-16(10-12-17)15-7-5-4-6-8-15/h9-12,14-15H,4-8,13H2,1-3H3,(H,19,21). The Bertz CT molecular complexity index is 647. The summed E-state index contributed by atoms with van der Waals surface area (Å²) in [5.74, 6) is 0.250. The maximum atomic E-state index is 12.6. The lowest BCUT2D eigenvalue weighted by molar-refractivity contribution is -0.121. The average Bonchev–Trinajstić information content (AvgIpc) is 2.55. The maximum Gasteiger partial charge on any atom is 0.243 e. The van der Waals surface area contributed by atoms with Crippen LogP contribution in [0.15, 0.2) is 29.2 Å². The Kier molecular flexibility index (Phi) is 6.40. The Balaban J connectivity index is 2.06. The van der Waals surface area contributed by atoms with E-state index in [4.69, 9.17) is 0 Å². The van der Waals surface area contributed by atoms with Crippen molar-refractivity contribution in [3.05, 3.63) is 29.8 Å². The summed E-state index contributed by atoms with van der Waals surface area (Å²) in [6, 6.07) is 7.16. The number of nitrogens with zero attached hydrogens (tertiary/aromatic N) is 1. The third-order valence-corrected chi connectivity index (χ3v) is 6.30. The topological polar surface area (TPSA) is 66.5 Å². The third kappa shape index (κ3) is 4.80. The number of carbonyl (C=O) groups is 1. The van der Waals surface area contributed by atoms with Gasteiger partial charge in [0, 0.05) is 13.1 Å². The SMILES string of the molecule is CC(C)NC(=O)CN(C)S(=O)(=O)c1ccc(C2CCCCC2)cc1. The molecule has 0 radical (unpaired) electrons. The number of amides is 1. The molecule has 0 aliphatic heterocycles. The molecule has 0 atom stereocenters. The fraction of sp³-hybridized carbons (Fsp3) is 0.611.